The molecule has 0 radical (unpaired) electrons. The molecular weight excluding hydrogens is 373 g/mol. The van der Waals surface area contributed by atoms with Crippen molar-refractivity contribution < 1.29 is 23.4 Å². The summed E-state index contributed by atoms with van der Waals surface area (Å²) in [5.41, 5.74) is -1.09. The Morgan fingerprint density at radius 1 is 1.25 bits per heavy atom. The van der Waals surface area contributed by atoms with Crippen molar-refractivity contribution in [3.8, 4) is 0 Å². The molecule has 0 saturated heterocycles. The van der Waals surface area contributed by atoms with Gasteiger partial charge in [-0.05, 0) is 50.3 Å². The summed E-state index contributed by atoms with van der Waals surface area (Å²) in [4.78, 5) is 8.52. The van der Waals surface area contributed by atoms with Gasteiger partial charge in [-0.2, -0.15) is 18.3 Å². The average molecular weight is 396 g/mol. The molecule has 3 N–H and O–H groups in total. The molecular formula is C19H23F3N4O2. The van der Waals surface area contributed by atoms with Crippen molar-refractivity contribution in [2.24, 2.45) is 16.3 Å². The van der Waals surface area contributed by atoms with Gasteiger partial charge in [0.1, 0.15) is 11.5 Å². The normalized spacial score (nSPS) is 22.8. The molecule has 0 amide bonds. The molecule has 6 nitrogen and oxygen atoms in total. The van der Waals surface area contributed by atoms with Crippen LogP contribution in [0.15, 0.2) is 35.5 Å². The van der Waals surface area contributed by atoms with Gasteiger partial charge in [0.25, 0.3) is 0 Å². The Kier molecular flexibility index (Phi) is 5.85. The lowest BCUT2D eigenvalue weighted by atomic mass is 9.76. The molecule has 0 aliphatic carbocycles. The van der Waals surface area contributed by atoms with E-state index in [1.807, 2.05) is 0 Å². The summed E-state index contributed by atoms with van der Waals surface area (Å²) >= 11 is 0. The van der Waals surface area contributed by atoms with Gasteiger partial charge in [-0.3, -0.25) is 10.1 Å². The highest BCUT2D eigenvalue weighted by Gasteiger charge is 2.56. The number of pyridine rings is 1. The van der Waals surface area contributed by atoms with Gasteiger partial charge in [0, 0.05) is 30.5 Å². The SMILES string of the molecule is CC1(C(F)(F)F)C=CC(CC(CCO)CCO)=NC1c1[nH]nc2ncccc12. The topological polar surface area (TPSA) is 94.4 Å². The van der Waals surface area contributed by atoms with E-state index in [0.717, 1.165) is 13.0 Å². The summed E-state index contributed by atoms with van der Waals surface area (Å²) < 4.78 is 41.9. The number of allylic oxidation sites excluding steroid dienone is 1. The Morgan fingerprint density at radius 3 is 2.61 bits per heavy atom. The molecule has 0 saturated carbocycles. The minimum atomic E-state index is -4.52. The maximum atomic E-state index is 14.0. The van der Waals surface area contributed by atoms with Crippen molar-refractivity contribution in [2.45, 2.75) is 38.4 Å². The highest BCUT2D eigenvalue weighted by Crippen LogP contribution is 2.52. The van der Waals surface area contributed by atoms with Crippen molar-refractivity contribution in [3.05, 3.63) is 36.2 Å². The Balaban J connectivity index is 2.02. The molecule has 1 aliphatic heterocycles. The van der Waals surface area contributed by atoms with Crippen molar-refractivity contribution in [1.29, 1.82) is 0 Å². The summed E-state index contributed by atoms with van der Waals surface area (Å²) in [6, 6.07) is 2.09. The third-order valence-electron chi connectivity index (χ3n) is 5.30. The van der Waals surface area contributed by atoms with E-state index in [1.54, 1.807) is 12.1 Å². The van der Waals surface area contributed by atoms with Gasteiger partial charge in [-0.25, -0.2) is 4.98 Å². The van der Waals surface area contributed by atoms with Crippen LogP contribution in [0.5, 0.6) is 0 Å². The number of nitrogens with one attached hydrogen (secondary N) is 1. The first-order valence-electron chi connectivity index (χ1n) is 9.13. The van der Waals surface area contributed by atoms with Crippen LogP contribution < -0.4 is 0 Å². The molecule has 0 spiro atoms. The van der Waals surface area contributed by atoms with Crippen molar-refractivity contribution in [3.63, 3.8) is 0 Å². The number of aromatic nitrogens is 3. The molecule has 2 unspecified atom stereocenters. The van der Waals surface area contributed by atoms with Crippen LogP contribution in [0.4, 0.5) is 13.2 Å². The van der Waals surface area contributed by atoms with Crippen LogP contribution in [-0.2, 0) is 0 Å². The van der Waals surface area contributed by atoms with E-state index < -0.39 is 17.6 Å². The van der Waals surface area contributed by atoms with Crippen LogP contribution in [0.3, 0.4) is 0 Å². The number of rotatable bonds is 7. The van der Waals surface area contributed by atoms with Crippen molar-refractivity contribution in [2.75, 3.05) is 13.2 Å². The van der Waals surface area contributed by atoms with E-state index in [2.05, 4.69) is 20.2 Å². The number of hydrogen-bond donors (Lipinski definition) is 3. The van der Waals surface area contributed by atoms with E-state index in [0.29, 0.717) is 36.0 Å². The lowest BCUT2D eigenvalue weighted by molar-refractivity contribution is -0.207. The molecule has 3 rings (SSSR count). The summed E-state index contributed by atoms with van der Waals surface area (Å²) in [5.74, 6) is -0.0607. The fraction of sp³-hybridized carbons (Fsp3) is 0.526. The van der Waals surface area contributed by atoms with E-state index >= 15 is 0 Å². The summed E-state index contributed by atoms with van der Waals surface area (Å²) in [5, 5.41) is 25.6. The predicted octanol–water partition coefficient (Wildman–Crippen LogP) is 3.35. The molecule has 28 heavy (non-hydrogen) atoms. The molecule has 0 fully saturated rings. The summed E-state index contributed by atoms with van der Waals surface area (Å²) in [6.45, 7) is 1.01. The number of aromatic amines is 1. The zero-order valence-corrected chi connectivity index (χ0v) is 15.4. The van der Waals surface area contributed by atoms with Gasteiger partial charge in [-0.1, -0.05) is 6.08 Å². The van der Waals surface area contributed by atoms with Gasteiger partial charge in [0.15, 0.2) is 5.65 Å². The number of halogens is 3. The largest absolute Gasteiger partial charge is 0.400 e. The highest BCUT2D eigenvalue weighted by molar-refractivity contribution is 5.96. The smallest absolute Gasteiger partial charge is 0.396 e. The van der Waals surface area contributed by atoms with Crippen LogP contribution in [0, 0.1) is 11.3 Å². The van der Waals surface area contributed by atoms with Gasteiger partial charge in [0.2, 0.25) is 0 Å². The minimum absolute atomic E-state index is 0.0534. The Hall–Kier alpha value is -2.26. The van der Waals surface area contributed by atoms with Gasteiger partial charge < -0.3 is 10.2 Å². The predicted molar refractivity (Wildman–Crippen MR) is 98.9 cm³/mol. The first kappa shape index (κ1) is 20.5. The number of fused-ring (bicyclic) bond motifs is 1. The van der Waals surface area contributed by atoms with E-state index in [4.69, 9.17) is 0 Å². The first-order chi connectivity index (χ1) is 13.3. The zero-order valence-electron chi connectivity index (χ0n) is 15.4. The summed E-state index contributed by atoms with van der Waals surface area (Å²) in [7, 11) is 0. The lowest BCUT2D eigenvalue weighted by Crippen LogP contribution is -2.40. The number of nitrogens with zero attached hydrogens (tertiary/aromatic N) is 3. The first-order valence-corrected chi connectivity index (χ1v) is 9.13. The quantitative estimate of drug-likeness (QED) is 0.669. The number of hydrogen-bond acceptors (Lipinski definition) is 5. The van der Waals surface area contributed by atoms with Gasteiger partial charge in [-0.15, -0.1) is 0 Å². The second-order valence-corrected chi connectivity index (χ2v) is 7.24. The number of aliphatic imine (C=N–C) groups is 1. The Labute approximate surface area is 160 Å². The molecule has 152 valence electrons. The fourth-order valence-electron chi connectivity index (χ4n) is 3.53. The number of dihydropyridines is 1. The Morgan fingerprint density at radius 2 is 1.96 bits per heavy atom. The fourth-order valence-corrected chi connectivity index (χ4v) is 3.53. The van der Waals surface area contributed by atoms with E-state index in [9.17, 15) is 23.4 Å². The number of H-pyrrole nitrogens is 1. The molecule has 0 aromatic carbocycles. The monoisotopic (exact) mass is 396 g/mol. The molecule has 9 heteroatoms. The molecule has 2 aromatic rings. The van der Waals surface area contributed by atoms with Crippen LogP contribution in [-0.4, -0.2) is 50.5 Å². The molecule has 2 aromatic heterocycles. The number of aliphatic hydroxyl groups excluding tert-OH is 2. The second kappa shape index (κ2) is 8.00. The van der Waals surface area contributed by atoms with Crippen LogP contribution in [0.25, 0.3) is 11.0 Å². The van der Waals surface area contributed by atoms with Crippen molar-refractivity contribution >= 4 is 16.7 Å². The van der Waals surface area contributed by atoms with Gasteiger partial charge >= 0.3 is 6.18 Å². The maximum absolute atomic E-state index is 14.0. The molecule has 1 aliphatic rings. The third-order valence-corrected chi connectivity index (χ3v) is 5.30. The second-order valence-electron chi connectivity index (χ2n) is 7.24. The lowest BCUT2D eigenvalue weighted by Gasteiger charge is -2.37. The average Bonchev–Trinajstić information content (AvgIpc) is 3.07. The third kappa shape index (κ3) is 3.81. The maximum Gasteiger partial charge on any atom is 0.400 e. The zero-order chi connectivity index (χ0) is 20.4. The van der Waals surface area contributed by atoms with Crippen LogP contribution in [0.1, 0.15) is 37.9 Å². The van der Waals surface area contributed by atoms with Crippen LogP contribution in [0.2, 0.25) is 0 Å². The van der Waals surface area contributed by atoms with E-state index in [1.165, 1.54) is 12.3 Å². The van der Waals surface area contributed by atoms with Crippen LogP contribution >= 0.6 is 0 Å². The molecule has 2 atom stereocenters. The molecule has 3 heterocycles. The molecule has 0 bridgehead atoms. The van der Waals surface area contributed by atoms with Crippen molar-refractivity contribution in [1.82, 2.24) is 15.2 Å². The van der Waals surface area contributed by atoms with Gasteiger partial charge in [0.05, 0.1) is 5.69 Å². The Bertz CT molecular complexity index is 871. The standard InChI is InChI=1S/C19H23F3N4O2/c1-18(19(20,21)22)7-4-13(11-12(5-9-27)6-10-28)24-16(18)15-14-3-2-8-23-17(14)26-25-15/h2-4,7-8,12,16,27-28H,5-6,9-11H2,1H3,(H,23,25,26). The number of aliphatic hydroxyl groups is 2. The highest BCUT2D eigenvalue weighted by atomic mass is 19.4. The number of alkyl halides is 3. The van der Waals surface area contributed by atoms with E-state index in [-0.39, 0.29) is 24.8 Å². The summed E-state index contributed by atoms with van der Waals surface area (Å²) in [6.07, 6.45) is 0.849. The minimum Gasteiger partial charge on any atom is -0.396 e.